The molecule has 2 aliphatic heterocycles. The SMILES string of the molecule is C=CCn1nnnc1SCC1(C(=O)O)CS[C@@H]2C(N)C(=O)N2C1. The fourth-order valence-electron chi connectivity index (χ4n) is 2.55. The number of fused-ring (bicyclic) bond motifs is 1. The second-order valence-corrected chi connectivity index (χ2v) is 7.55. The second-order valence-electron chi connectivity index (χ2n) is 5.50. The molecular formula is C12H16N6O3S2. The zero-order chi connectivity index (χ0) is 16.6. The molecule has 3 atom stereocenters. The summed E-state index contributed by atoms with van der Waals surface area (Å²) in [6.07, 6.45) is 1.66. The maximum absolute atomic E-state index is 11.8. The molecule has 9 nitrogen and oxygen atoms in total. The van der Waals surface area contributed by atoms with Crippen LogP contribution in [0.25, 0.3) is 0 Å². The fraction of sp³-hybridized carbons (Fsp3) is 0.583. The maximum atomic E-state index is 11.8. The number of tetrazole rings is 1. The van der Waals surface area contributed by atoms with Crippen LogP contribution in [0.3, 0.4) is 0 Å². The van der Waals surface area contributed by atoms with Crippen molar-refractivity contribution in [3.05, 3.63) is 12.7 Å². The summed E-state index contributed by atoms with van der Waals surface area (Å²) in [6.45, 7) is 4.25. The lowest BCUT2D eigenvalue weighted by Crippen LogP contribution is -2.72. The predicted molar refractivity (Wildman–Crippen MR) is 84.7 cm³/mol. The van der Waals surface area contributed by atoms with Crippen LogP contribution < -0.4 is 5.73 Å². The molecule has 1 aromatic rings. The van der Waals surface area contributed by atoms with Crippen LogP contribution in [0.1, 0.15) is 0 Å². The number of hydrogen-bond acceptors (Lipinski definition) is 8. The maximum Gasteiger partial charge on any atom is 0.313 e. The molecule has 3 rings (SSSR count). The van der Waals surface area contributed by atoms with E-state index in [-0.39, 0.29) is 23.6 Å². The van der Waals surface area contributed by atoms with Crippen molar-refractivity contribution in [1.82, 2.24) is 25.1 Å². The molecule has 2 fully saturated rings. The van der Waals surface area contributed by atoms with Crippen molar-refractivity contribution in [2.24, 2.45) is 11.1 Å². The Morgan fingerprint density at radius 1 is 1.65 bits per heavy atom. The average Bonchev–Trinajstić information content (AvgIpc) is 2.99. The Balaban J connectivity index is 1.72. The highest BCUT2D eigenvalue weighted by molar-refractivity contribution is 8.00. The zero-order valence-electron chi connectivity index (χ0n) is 12.2. The average molecular weight is 356 g/mol. The van der Waals surface area contributed by atoms with E-state index in [0.29, 0.717) is 17.5 Å². The van der Waals surface area contributed by atoms with Gasteiger partial charge in [-0.2, -0.15) is 0 Å². The number of amides is 1. The number of hydrogen-bond donors (Lipinski definition) is 2. The molecular weight excluding hydrogens is 340 g/mol. The van der Waals surface area contributed by atoms with E-state index in [9.17, 15) is 14.7 Å². The predicted octanol–water partition coefficient (Wildman–Crippen LogP) is -0.735. The standard InChI is InChI=1S/C12H16N6O3S2/c1-2-3-18-11(14-15-16-18)23-6-12(10(20)21)4-17-8(19)7(13)9(17)22-5-12/h2,7,9H,1,3-6,13H2,(H,20,21)/t7?,9-,12?/m1/s1. The van der Waals surface area contributed by atoms with Crippen molar-refractivity contribution >= 4 is 35.4 Å². The lowest BCUT2D eigenvalue weighted by molar-refractivity contribution is -0.155. The van der Waals surface area contributed by atoms with Gasteiger partial charge in [-0.15, -0.1) is 23.4 Å². The Bertz CT molecular complexity index is 652. The van der Waals surface area contributed by atoms with Gasteiger partial charge < -0.3 is 15.7 Å². The minimum absolute atomic E-state index is 0.105. The van der Waals surface area contributed by atoms with Crippen molar-refractivity contribution < 1.29 is 14.7 Å². The van der Waals surface area contributed by atoms with Gasteiger partial charge in [-0.3, -0.25) is 9.59 Å². The van der Waals surface area contributed by atoms with Gasteiger partial charge in [0.2, 0.25) is 11.1 Å². The molecule has 0 aliphatic carbocycles. The number of nitrogens with zero attached hydrogens (tertiary/aromatic N) is 5. The molecule has 0 radical (unpaired) electrons. The van der Waals surface area contributed by atoms with Crippen molar-refractivity contribution in [1.29, 1.82) is 0 Å². The summed E-state index contributed by atoms with van der Waals surface area (Å²) < 4.78 is 1.55. The molecule has 23 heavy (non-hydrogen) atoms. The Hall–Kier alpha value is -1.59. The van der Waals surface area contributed by atoms with E-state index in [1.807, 2.05) is 0 Å². The largest absolute Gasteiger partial charge is 0.481 e. The first-order valence-corrected chi connectivity index (χ1v) is 8.93. The van der Waals surface area contributed by atoms with Gasteiger partial charge in [0.25, 0.3) is 0 Å². The summed E-state index contributed by atoms with van der Waals surface area (Å²) in [5.74, 6) is -0.430. The third-order valence-corrected chi connectivity index (χ3v) is 6.77. The van der Waals surface area contributed by atoms with E-state index in [0.717, 1.165) is 0 Å². The normalized spacial score (nSPS) is 29.8. The van der Waals surface area contributed by atoms with Gasteiger partial charge in [0.05, 0.1) is 6.54 Å². The molecule has 2 aliphatic rings. The molecule has 11 heteroatoms. The molecule has 3 heterocycles. The smallest absolute Gasteiger partial charge is 0.313 e. The number of carbonyl (C=O) groups excluding carboxylic acids is 1. The number of carboxylic acid groups (broad SMARTS) is 1. The summed E-state index contributed by atoms with van der Waals surface area (Å²) in [7, 11) is 0. The number of thioether (sulfide) groups is 2. The summed E-state index contributed by atoms with van der Waals surface area (Å²) in [6, 6.07) is -0.515. The third kappa shape index (κ3) is 2.72. The van der Waals surface area contributed by atoms with Crippen LogP contribution >= 0.6 is 23.5 Å². The number of rotatable bonds is 6. The zero-order valence-corrected chi connectivity index (χ0v) is 13.8. The number of β-lactam (4-membered cyclic amide) rings is 1. The Morgan fingerprint density at radius 2 is 2.43 bits per heavy atom. The summed E-state index contributed by atoms with van der Waals surface area (Å²) in [5.41, 5.74) is 4.71. The monoisotopic (exact) mass is 356 g/mol. The molecule has 1 aromatic heterocycles. The van der Waals surface area contributed by atoms with Crippen molar-refractivity contribution in [3.63, 3.8) is 0 Å². The van der Waals surface area contributed by atoms with Crippen LogP contribution in [0.2, 0.25) is 0 Å². The van der Waals surface area contributed by atoms with Gasteiger partial charge in [0, 0.05) is 18.1 Å². The van der Waals surface area contributed by atoms with Gasteiger partial charge in [-0.05, 0) is 10.4 Å². The molecule has 0 spiro atoms. The third-order valence-electron chi connectivity index (χ3n) is 3.92. The number of carbonyl (C=O) groups is 2. The first-order chi connectivity index (χ1) is 11.0. The number of allylic oxidation sites excluding steroid dienone is 1. The van der Waals surface area contributed by atoms with E-state index >= 15 is 0 Å². The van der Waals surface area contributed by atoms with Crippen molar-refractivity contribution in [2.45, 2.75) is 23.1 Å². The van der Waals surface area contributed by atoms with Crippen LogP contribution in [0.4, 0.5) is 0 Å². The minimum Gasteiger partial charge on any atom is -0.481 e. The van der Waals surface area contributed by atoms with Gasteiger partial charge in [0.15, 0.2) is 0 Å². The Labute approximate surface area is 140 Å². The van der Waals surface area contributed by atoms with Gasteiger partial charge in [-0.25, -0.2) is 4.68 Å². The molecule has 3 N–H and O–H groups in total. The van der Waals surface area contributed by atoms with E-state index in [1.54, 1.807) is 15.7 Å². The highest BCUT2D eigenvalue weighted by Crippen LogP contribution is 2.43. The van der Waals surface area contributed by atoms with Gasteiger partial charge in [-0.1, -0.05) is 17.8 Å². The quantitative estimate of drug-likeness (QED) is 0.385. The van der Waals surface area contributed by atoms with E-state index < -0.39 is 17.4 Å². The Kier molecular flexibility index (Phi) is 4.34. The lowest BCUT2D eigenvalue weighted by Gasteiger charge is -2.52. The molecule has 0 saturated carbocycles. The highest BCUT2D eigenvalue weighted by atomic mass is 32.2. The van der Waals surface area contributed by atoms with Crippen LogP contribution in [0, 0.1) is 5.41 Å². The number of aliphatic carboxylic acids is 1. The fourth-order valence-corrected chi connectivity index (χ4v) is 5.24. The van der Waals surface area contributed by atoms with Crippen molar-refractivity contribution in [3.8, 4) is 0 Å². The summed E-state index contributed by atoms with van der Waals surface area (Å²) in [4.78, 5) is 25.2. The Morgan fingerprint density at radius 3 is 3.13 bits per heavy atom. The molecule has 0 bridgehead atoms. The number of nitrogens with two attached hydrogens (primary N) is 1. The topological polar surface area (TPSA) is 127 Å². The van der Waals surface area contributed by atoms with Crippen LogP contribution in [0.15, 0.2) is 17.8 Å². The molecule has 1 amide bonds. The first kappa shape index (κ1) is 16.3. The van der Waals surface area contributed by atoms with Crippen LogP contribution in [-0.4, -0.2) is 71.6 Å². The van der Waals surface area contributed by atoms with Crippen LogP contribution in [-0.2, 0) is 16.1 Å². The van der Waals surface area contributed by atoms with Crippen LogP contribution in [0.5, 0.6) is 0 Å². The summed E-state index contributed by atoms with van der Waals surface area (Å²) >= 11 is 2.70. The number of carboxylic acids is 1. The van der Waals surface area contributed by atoms with E-state index in [2.05, 4.69) is 22.1 Å². The van der Waals surface area contributed by atoms with E-state index in [4.69, 9.17) is 5.73 Å². The molecule has 0 aromatic carbocycles. The van der Waals surface area contributed by atoms with E-state index in [1.165, 1.54) is 23.5 Å². The second kappa shape index (κ2) is 6.13. The highest BCUT2D eigenvalue weighted by Gasteiger charge is 2.55. The summed E-state index contributed by atoms with van der Waals surface area (Å²) in [5, 5.41) is 21.4. The molecule has 2 unspecified atom stereocenters. The molecule has 2 saturated heterocycles. The van der Waals surface area contributed by atoms with Gasteiger partial charge in [0.1, 0.15) is 16.8 Å². The molecule has 124 valence electrons. The van der Waals surface area contributed by atoms with Gasteiger partial charge >= 0.3 is 5.97 Å². The minimum atomic E-state index is -1.04. The van der Waals surface area contributed by atoms with Crippen molar-refractivity contribution in [2.75, 3.05) is 18.1 Å². The lowest BCUT2D eigenvalue weighted by atomic mass is 9.89. The first-order valence-electron chi connectivity index (χ1n) is 6.89. The number of aromatic nitrogens is 4.